The van der Waals surface area contributed by atoms with Crippen molar-refractivity contribution in [1.29, 1.82) is 0 Å². The van der Waals surface area contributed by atoms with E-state index in [9.17, 15) is 4.79 Å². The average Bonchev–Trinajstić information content (AvgIpc) is 2.67. The lowest BCUT2D eigenvalue weighted by molar-refractivity contribution is 0.194. The second kappa shape index (κ2) is 8.12. The molecular weight excluding hydrogens is 338 g/mol. The van der Waals surface area contributed by atoms with E-state index in [0.717, 1.165) is 30.1 Å². The second-order valence-corrected chi connectivity index (χ2v) is 6.33. The number of urea groups is 1. The molecule has 1 aliphatic rings. The Balaban J connectivity index is 1.51. The Morgan fingerprint density at radius 3 is 2.60 bits per heavy atom. The van der Waals surface area contributed by atoms with E-state index in [2.05, 4.69) is 16.3 Å². The molecule has 0 spiro atoms. The van der Waals surface area contributed by atoms with Gasteiger partial charge >= 0.3 is 6.03 Å². The van der Waals surface area contributed by atoms with Crippen LogP contribution in [0.15, 0.2) is 48.5 Å². The van der Waals surface area contributed by atoms with E-state index in [-0.39, 0.29) is 6.03 Å². The predicted octanol–water partition coefficient (Wildman–Crippen LogP) is 3.38. The molecule has 1 fully saturated rings. The van der Waals surface area contributed by atoms with Gasteiger partial charge in [0.05, 0.1) is 7.11 Å². The molecule has 5 nitrogen and oxygen atoms in total. The summed E-state index contributed by atoms with van der Waals surface area (Å²) in [5.41, 5.74) is 2.04. The van der Waals surface area contributed by atoms with E-state index in [1.54, 1.807) is 7.11 Å². The Morgan fingerprint density at radius 1 is 1.12 bits per heavy atom. The molecule has 3 rings (SSSR count). The Bertz CT molecular complexity index is 730. The zero-order chi connectivity index (χ0) is 17.6. The largest absolute Gasteiger partial charge is 0.497 e. The summed E-state index contributed by atoms with van der Waals surface area (Å²) in [4.78, 5) is 16.5. The van der Waals surface area contributed by atoms with Gasteiger partial charge in [-0.15, -0.1) is 0 Å². The maximum absolute atomic E-state index is 12.4. The van der Waals surface area contributed by atoms with Crippen molar-refractivity contribution >= 4 is 23.3 Å². The van der Waals surface area contributed by atoms with Crippen molar-refractivity contribution in [3.8, 4) is 5.75 Å². The molecule has 0 bridgehead atoms. The van der Waals surface area contributed by atoms with Crippen LogP contribution in [0.1, 0.15) is 5.56 Å². The summed E-state index contributed by atoms with van der Waals surface area (Å²) in [5.74, 6) is 0.845. The fourth-order valence-corrected chi connectivity index (χ4v) is 3.10. The molecule has 2 amide bonds. The molecule has 1 heterocycles. The molecule has 1 aliphatic heterocycles. The third-order valence-corrected chi connectivity index (χ3v) is 4.74. The number of nitrogens with zero attached hydrogens (tertiary/aromatic N) is 2. The second-order valence-electron chi connectivity index (χ2n) is 5.93. The number of rotatable bonds is 4. The number of amides is 2. The van der Waals surface area contributed by atoms with E-state index in [1.165, 1.54) is 0 Å². The third-order valence-electron chi connectivity index (χ3n) is 4.37. The smallest absolute Gasteiger partial charge is 0.317 e. The van der Waals surface area contributed by atoms with Crippen molar-refractivity contribution in [2.75, 3.05) is 38.2 Å². The predicted molar refractivity (Wildman–Crippen MR) is 100 cm³/mol. The molecule has 0 radical (unpaired) electrons. The van der Waals surface area contributed by atoms with Crippen LogP contribution >= 0.6 is 11.6 Å². The molecule has 132 valence electrons. The Kier molecular flexibility index (Phi) is 5.66. The highest BCUT2D eigenvalue weighted by atomic mass is 35.5. The number of halogens is 1. The normalized spacial score (nSPS) is 14.3. The van der Waals surface area contributed by atoms with Gasteiger partial charge in [0.1, 0.15) is 5.75 Å². The molecule has 0 aliphatic carbocycles. The monoisotopic (exact) mass is 359 g/mol. The minimum absolute atomic E-state index is 0.0507. The molecule has 0 aromatic heterocycles. The summed E-state index contributed by atoms with van der Waals surface area (Å²) in [6, 6.07) is 15.5. The number of anilines is 1. The fourth-order valence-electron chi connectivity index (χ4n) is 2.90. The van der Waals surface area contributed by atoms with E-state index >= 15 is 0 Å². The summed E-state index contributed by atoms with van der Waals surface area (Å²) in [7, 11) is 1.67. The van der Waals surface area contributed by atoms with Crippen LogP contribution in [-0.2, 0) is 6.54 Å². The van der Waals surface area contributed by atoms with Gasteiger partial charge in [-0.1, -0.05) is 35.9 Å². The lowest BCUT2D eigenvalue weighted by atomic mass is 10.2. The summed E-state index contributed by atoms with van der Waals surface area (Å²) < 4.78 is 5.28. The summed E-state index contributed by atoms with van der Waals surface area (Å²) in [6.07, 6.45) is 0. The van der Waals surface area contributed by atoms with Gasteiger partial charge in [0.2, 0.25) is 0 Å². The minimum atomic E-state index is -0.0507. The zero-order valence-electron chi connectivity index (χ0n) is 14.2. The highest BCUT2D eigenvalue weighted by Gasteiger charge is 2.21. The van der Waals surface area contributed by atoms with Gasteiger partial charge in [-0.25, -0.2) is 4.79 Å². The van der Waals surface area contributed by atoms with E-state index < -0.39 is 0 Å². The number of hydrogen-bond acceptors (Lipinski definition) is 3. The van der Waals surface area contributed by atoms with Crippen molar-refractivity contribution in [1.82, 2.24) is 10.2 Å². The Labute approximate surface area is 153 Å². The standard InChI is InChI=1S/C19H22ClN3O2/c1-25-17-7-4-6-16(13-17)22-9-11-23(12-10-22)19(24)21-14-15-5-2-3-8-18(15)20/h2-8,13H,9-12,14H2,1H3,(H,21,24). The first-order valence-corrected chi connectivity index (χ1v) is 8.70. The van der Waals surface area contributed by atoms with Crippen molar-refractivity contribution in [3.63, 3.8) is 0 Å². The first kappa shape index (κ1) is 17.4. The lowest BCUT2D eigenvalue weighted by Gasteiger charge is -2.36. The maximum Gasteiger partial charge on any atom is 0.317 e. The topological polar surface area (TPSA) is 44.8 Å². The quantitative estimate of drug-likeness (QED) is 0.910. The number of carbonyl (C=O) groups excluding carboxylic acids is 1. The maximum atomic E-state index is 12.4. The van der Waals surface area contributed by atoms with Crippen LogP contribution < -0.4 is 15.0 Å². The van der Waals surface area contributed by atoms with Gasteiger partial charge in [0.25, 0.3) is 0 Å². The van der Waals surface area contributed by atoms with Gasteiger partial charge < -0.3 is 19.9 Å². The van der Waals surface area contributed by atoms with Crippen LogP contribution in [0.5, 0.6) is 5.75 Å². The molecule has 6 heteroatoms. The van der Waals surface area contributed by atoms with Gasteiger partial charge in [-0.3, -0.25) is 0 Å². The number of ether oxygens (including phenoxy) is 1. The van der Waals surface area contributed by atoms with Crippen LogP contribution in [-0.4, -0.2) is 44.2 Å². The van der Waals surface area contributed by atoms with Gasteiger partial charge in [-0.2, -0.15) is 0 Å². The number of hydrogen-bond donors (Lipinski definition) is 1. The number of carbonyl (C=O) groups is 1. The number of nitrogens with one attached hydrogen (secondary N) is 1. The molecule has 1 N–H and O–H groups in total. The Morgan fingerprint density at radius 2 is 1.88 bits per heavy atom. The molecule has 0 atom stereocenters. The summed E-state index contributed by atoms with van der Waals surface area (Å²) >= 11 is 6.12. The van der Waals surface area contributed by atoms with Crippen molar-refractivity contribution in [3.05, 3.63) is 59.1 Å². The van der Waals surface area contributed by atoms with E-state index in [4.69, 9.17) is 16.3 Å². The molecule has 25 heavy (non-hydrogen) atoms. The van der Waals surface area contributed by atoms with Crippen LogP contribution in [0, 0.1) is 0 Å². The molecule has 0 saturated carbocycles. The number of methoxy groups -OCH3 is 1. The SMILES string of the molecule is COc1cccc(N2CCN(C(=O)NCc3ccccc3Cl)CC2)c1. The molecular formula is C19H22ClN3O2. The van der Waals surface area contributed by atoms with E-state index in [1.807, 2.05) is 47.4 Å². The summed E-state index contributed by atoms with van der Waals surface area (Å²) in [6.45, 7) is 3.41. The van der Waals surface area contributed by atoms with E-state index in [0.29, 0.717) is 24.7 Å². The van der Waals surface area contributed by atoms with Crippen molar-refractivity contribution in [2.45, 2.75) is 6.54 Å². The molecule has 2 aromatic rings. The molecule has 2 aromatic carbocycles. The van der Waals surface area contributed by atoms with Crippen LogP contribution in [0.25, 0.3) is 0 Å². The van der Waals surface area contributed by atoms with Gasteiger partial charge in [0.15, 0.2) is 0 Å². The molecule has 0 unspecified atom stereocenters. The average molecular weight is 360 g/mol. The van der Waals surface area contributed by atoms with Crippen molar-refractivity contribution < 1.29 is 9.53 Å². The first-order valence-electron chi connectivity index (χ1n) is 8.32. The van der Waals surface area contributed by atoms with Crippen LogP contribution in [0.2, 0.25) is 5.02 Å². The van der Waals surface area contributed by atoms with Gasteiger partial charge in [0, 0.05) is 49.5 Å². The number of piperazine rings is 1. The highest BCUT2D eigenvalue weighted by molar-refractivity contribution is 6.31. The number of benzene rings is 2. The van der Waals surface area contributed by atoms with Crippen LogP contribution in [0.4, 0.5) is 10.5 Å². The Hall–Kier alpha value is -2.40. The lowest BCUT2D eigenvalue weighted by Crippen LogP contribution is -2.51. The highest BCUT2D eigenvalue weighted by Crippen LogP contribution is 2.22. The van der Waals surface area contributed by atoms with Crippen LogP contribution in [0.3, 0.4) is 0 Å². The van der Waals surface area contributed by atoms with Crippen molar-refractivity contribution in [2.24, 2.45) is 0 Å². The summed E-state index contributed by atoms with van der Waals surface area (Å²) in [5, 5.41) is 3.62. The molecule has 1 saturated heterocycles. The first-order chi connectivity index (χ1) is 12.2. The van der Waals surface area contributed by atoms with Gasteiger partial charge in [-0.05, 0) is 23.8 Å². The third kappa shape index (κ3) is 4.37. The zero-order valence-corrected chi connectivity index (χ0v) is 15.0. The minimum Gasteiger partial charge on any atom is -0.497 e. The fraction of sp³-hybridized carbons (Fsp3) is 0.316.